The number of amides is 1. The summed E-state index contributed by atoms with van der Waals surface area (Å²) in [5.74, 6) is -0.241. The average molecular weight is 367 g/mol. The van der Waals surface area contributed by atoms with E-state index in [-0.39, 0.29) is 5.91 Å². The van der Waals surface area contributed by atoms with Gasteiger partial charge in [0.05, 0.1) is 51.8 Å². The lowest BCUT2D eigenvalue weighted by Crippen LogP contribution is -2.13. The molecule has 4 rings (SSSR count). The van der Waals surface area contributed by atoms with Crippen LogP contribution in [0.1, 0.15) is 21.7 Å². The topological polar surface area (TPSA) is 103 Å². The van der Waals surface area contributed by atoms with E-state index in [0.717, 1.165) is 21.0 Å². The maximum atomic E-state index is 12.8. The van der Waals surface area contributed by atoms with Gasteiger partial charge in [-0.3, -0.25) is 14.5 Å². The van der Waals surface area contributed by atoms with Crippen molar-refractivity contribution >= 4 is 33.4 Å². The number of nitrogens with two attached hydrogens (primary N) is 1. The molecule has 0 saturated heterocycles. The number of fused-ring (bicyclic) bond motifs is 1. The Hall–Kier alpha value is -3.20. The number of thiazole rings is 1. The summed E-state index contributed by atoms with van der Waals surface area (Å²) in [5.41, 5.74) is 10.0. The van der Waals surface area contributed by atoms with E-state index >= 15 is 0 Å². The molecule has 4 heterocycles. The lowest BCUT2D eigenvalue weighted by atomic mass is 10.2. The van der Waals surface area contributed by atoms with Crippen molar-refractivity contribution in [2.45, 2.75) is 13.8 Å². The highest BCUT2D eigenvalue weighted by atomic mass is 32.1. The first-order chi connectivity index (χ1) is 12.4. The van der Waals surface area contributed by atoms with Crippen LogP contribution in [0.2, 0.25) is 0 Å². The standard InChI is InChI=1S/C17H17N7OS/c1-9-14(4-12(18)6-19-9)22-16(25)13-7-21-24-10(2)15(26-17(13)24)11-5-20-23(3)8-11/h4-8H,18H2,1-3H3,(H,22,25). The quantitative estimate of drug-likeness (QED) is 0.579. The second-order valence-corrected chi connectivity index (χ2v) is 7.05. The molecule has 0 aliphatic heterocycles. The molecule has 0 saturated carbocycles. The minimum absolute atomic E-state index is 0.241. The number of carbonyl (C=O) groups is 1. The lowest BCUT2D eigenvalue weighted by Gasteiger charge is -2.07. The fourth-order valence-electron chi connectivity index (χ4n) is 2.77. The van der Waals surface area contributed by atoms with Crippen molar-refractivity contribution in [3.8, 4) is 10.4 Å². The maximum Gasteiger partial charge on any atom is 0.260 e. The Morgan fingerprint density at radius 1 is 1.23 bits per heavy atom. The summed E-state index contributed by atoms with van der Waals surface area (Å²) in [6.45, 7) is 3.80. The van der Waals surface area contributed by atoms with Crippen molar-refractivity contribution in [2.24, 2.45) is 7.05 Å². The van der Waals surface area contributed by atoms with Crippen molar-refractivity contribution in [3.63, 3.8) is 0 Å². The number of nitrogen functional groups attached to an aromatic ring is 1. The number of nitrogens with one attached hydrogen (secondary N) is 1. The van der Waals surface area contributed by atoms with E-state index in [9.17, 15) is 4.79 Å². The Balaban J connectivity index is 1.73. The number of hydrogen-bond donors (Lipinski definition) is 2. The monoisotopic (exact) mass is 367 g/mol. The molecule has 9 heteroatoms. The number of rotatable bonds is 3. The third-order valence-electron chi connectivity index (χ3n) is 4.14. The van der Waals surface area contributed by atoms with Gasteiger partial charge < -0.3 is 11.1 Å². The number of aryl methyl sites for hydroxylation is 3. The number of carbonyl (C=O) groups excluding carboxylic acids is 1. The molecule has 26 heavy (non-hydrogen) atoms. The van der Waals surface area contributed by atoms with Gasteiger partial charge in [-0.05, 0) is 19.9 Å². The van der Waals surface area contributed by atoms with Crippen LogP contribution in [-0.4, -0.2) is 30.3 Å². The molecule has 4 aromatic heterocycles. The third kappa shape index (κ3) is 2.62. The molecule has 1 amide bonds. The van der Waals surface area contributed by atoms with Gasteiger partial charge in [-0.25, -0.2) is 4.52 Å². The zero-order valence-electron chi connectivity index (χ0n) is 14.5. The van der Waals surface area contributed by atoms with Crippen LogP contribution in [0.3, 0.4) is 0 Å². The van der Waals surface area contributed by atoms with E-state index < -0.39 is 0 Å². The summed E-state index contributed by atoms with van der Waals surface area (Å²) >= 11 is 1.52. The van der Waals surface area contributed by atoms with E-state index in [4.69, 9.17) is 5.73 Å². The highest BCUT2D eigenvalue weighted by molar-refractivity contribution is 7.21. The first-order valence-corrected chi connectivity index (χ1v) is 8.75. The summed E-state index contributed by atoms with van der Waals surface area (Å²) < 4.78 is 3.53. The molecule has 0 spiro atoms. The zero-order valence-corrected chi connectivity index (χ0v) is 15.3. The molecule has 0 aliphatic carbocycles. The minimum atomic E-state index is -0.241. The van der Waals surface area contributed by atoms with Crippen LogP contribution in [0.4, 0.5) is 11.4 Å². The molecule has 132 valence electrons. The molecular formula is C17H17N7OS. The number of anilines is 2. The van der Waals surface area contributed by atoms with Gasteiger partial charge in [-0.1, -0.05) is 0 Å². The number of aromatic nitrogens is 5. The fourth-order valence-corrected chi connectivity index (χ4v) is 3.95. The summed E-state index contributed by atoms with van der Waals surface area (Å²) in [7, 11) is 1.87. The Kier molecular flexibility index (Phi) is 3.73. The summed E-state index contributed by atoms with van der Waals surface area (Å²) in [6.07, 6.45) is 6.89. The molecule has 0 aliphatic rings. The molecule has 0 bridgehead atoms. The number of pyridine rings is 1. The largest absolute Gasteiger partial charge is 0.397 e. The third-order valence-corrected chi connectivity index (χ3v) is 5.46. The lowest BCUT2D eigenvalue weighted by molar-refractivity contribution is 0.102. The predicted molar refractivity (Wildman–Crippen MR) is 101 cm³/mol. The molecule has 0 fully saturated rings. The van der Waals surface area contributed by atoms with Gasteiger partial charge in [0.25, 0.3) is 5.91 Å². The van der Waals surface area contributed by atoms with Gasteiger partial charge in [0.15, 0.2) is 0 Å². The SMILES string of the molecule is Cc1ncc(N)cc1NC(=O)c1cnn2c(C)c(-c3cnn(C)c3)sc12. The van der Waals surface area contributed by atoms with Crippen molar-refractivity contribution < 1.29 is 4.79 Å². The Labute approximate surface area is 153 Å². The first-order valence-electron chi connectivity index (χ1n) is 7.93. The molecule has 0 atom stereocenters. The number of hydrogen-bond acceptors (Lipinski definition) is 6. The normalized spacial score (nSPS) is 11.2. The smallest absolute Gasteiger partial charge is 0.260 e. The molecule has 0 radical (unpaired) electrons. The summed E-state index contributed by atoms with van der Waals surface area (Å²) in [6, 6.07) is 1.70. The number of nitrogens with zero attached hydrogens (tertiary/aromatic N) is 5. The van der Waals surface area contributed by atoms with E-state index in [1.165, 1.54) is 11.3 Å². The van der Waals surface area contributed by atoms with Gasteiger partial charge in [-0.2, -0.15) is 10.2 Å². The van der Waals surface area contributed by atoms with Crippen LogP contribution in [0.25, 0.3) is 15.3 Å². The summed E-state index contributed by atoms with van der Waals surface area (Å²) in [4.78, 5) is 18.8. The van der Waals surface area contributed by atoms with Crippen molar-refractivity contribution in [1.29, 1.82) is 0 Å². The average Bonchev–Trinajstić information content (AvgIpc) is 3.28. The molecule has 0 aromatic carbocycles. The van der Waals surface area contributed by atoms with Crippen LogP contribution < -0.4 is 11.1 Å². The Morgan fingerprint density at radius 3 is 2.77 bits per heavy atom. The van der Waals surface area contributed by atoms with Crippen LogP contribution in [0.5, 0.6) is 0 Å². The van der Waals surface area contributed by atoms with Crippen LogP contribution in [0.15, 0.2) is 30.9 Å². The van der Waals surface area contributed by atoms with Gasteiger partial charge in [0.2, 0.25) is 0 Å². The van der Waals surface area contributed by atoms with Gasteiger partial charge >= 0.3 is 0 Å². The van der Waals surface area contributed by atoms with Gasteiger partial charge in [0.1, 0.15) is 4.83 Å². The van der Waals surface area contributed by atoms with Crippen LogP contribution in [-0.2, 0) is 7.05 Å². The highest BCUT2D eigenvalue weighted by Gasteiger charge is 2.20. The predicted octanol–water partition coefficient (Wildman–Crippen LogP) is 2.64. The van der Waals surface area contributed by atoms with E-state index in [1.54, 1.807) is 33.9 Å². The molecular weight excluding hydrogens is 350 g/mol. The van der Waals surface area contributed by atoms with Crippen molar-refractivity contribution in [2.75, 3.05) is 11.1 Å². The van der Waals surface area contributed by atoms with Crippen LogP contribution >= 0.6 is 11.3 Å². The molecule has 0 unspecified atom stereocenters. The first kappa shape index (κ1) is 16.3. The van der Waals surface area contributed by atoms with E-state index in [1.807, 2.05) is 27.1 Å². The van der Waals surface area contributed by atoms with E-state index in [0.29, 0.717) is 22.6 Å². The van der Waals surface area contributed by atoms with Crippen LogP contribution in [0, 0.1) is 13.8 Å². The zero-order chi connectivity index (χ0) is 18.4. The Bertz CT molecular complexity index is 1140. The second-order valence-electron chi connectivity index (χ2n) is 6.05. The van der Waals surface area contributed by atoms with Crippen molar-refractivity contribution in [1.82, 2.24) is 24.4 Å². The molecule has 8 nitrogen and oxygen atoms in total. The van der Waals surface area contributed by atoms with Gasteiger partial charge in [-0.15, -0.1) is 11.3 Å². The molecule has 4 aromatic rings. The maximum absolute atomic E-state index is 12.8. The second kappa shape index (κ2) is 5.95. The summed E-state index contributed by atoms with van der Waals surface area (Å²) in [5, 5.41) is 11.5. The molecule has 3 N–H and O–H groups in total. The van der Waals surface area contributed by atoms with E-state index in [2.05, 4.69) is 20.5 Å². The highest BCUT2D eigenvalue weighted by Crippen LogP contribution is 2.34. The van der Waals surface area contributed by atoms with Crippen molar-refractivity contribution in [3.05, 3.63) is 47.8 Å². The van der Waals surface area contributed by atoms with Gasteiger partial charge in [0, 0.05) is 18.8 Å². The Morgan fingerprint density at radius 2 is 2.04 bits per heavy atom. The minimum Gasteiger partial charge on any atom is -0.397 e. The fraction of sp³-hybridized carbons (Fsp3) is 0.176.